The third-order valence-electron chi connectivity index (χ3n) is 2.43. The lowest BCUT2D eigenvalue weighted by Gasteiger charge is -2.21. The van der Waals surface area contributed by atoms with E-state index < -0.39 is 30.5 Å². The first kappa shape index (κ1) is 14.0. The summed E-state index contributed by atoms with van der Waals surface area (Å²) < 4.78 is 5.39. The maximum absolute atomic E-state index is 10.8. The molecule has 6 heteroatoms. The Kier molecular flexibility index (Phi) is 4.67. The van der Waals surface area contributed by atoms with Gasteiger partial charge in [-0.25, -0.2) is 0 Å². The average Bonchev–Trinajstić information content (AvgIpc) is 2.29. The van der Waals surface area contributed by atoms with E-state index in [2.05, 4.69) is 0 Å². The van der Waals surface area contributed by atoms with Crippen molar-refractivity contribution >= 4 is 11.9 Å². The third-order valence-corrected chi connectivity index (χ3v) is 2.43. The Hall–Kier alpha value is -2.08. The van der Waals surface area contributed by atoms with Gasteiger partial charge in [0, 0.05) is 0 Å². The van der Waals surface area contributed by atoms with Gasteiger partial charge in [0.05, 0.1) is 6.42 Å². The lowest BCUT2D eigenvalue weighted by Crippen LogP contribution is -2.46. The minimum atomic E-state index is -1.39. The highest BCUT2D eigenvalue weighted by Crippen LogP contribution is 2.19. The Labute approximate surface area is 104 Å². The van der Waals surface area contributed by atoms with Crippen molar-refractivity contribution in [3.8, 4) is 5.75 Å². The maximum Gasteiger partial charge on any atom is 0.324 e. The first-order valence-electron chi connectivity index (χ1n) is 5.34. The number of ether oxygens (including phenoxy) is 1. The summed E-state index contributed by atoms with van der Waals surface area (Å²) in [5.41, 5.74) is 6.20. The summed E-state index contributed by atoms with van der Waals surface area (Å²) >= 11 is 0. The quantitative estimate of drug-likeness (QED) is 0.685. The van der Waals surface area contributed by atoms with Crippen molar-refractivity contribution in [2.24, 2.45) is 5.73 Å². The fraction of sp³-hybridized carbons (Fsp3) is 0.333. The molecule has 0 saturated carbocycles. The monoisotopic (exact) mass is 253 g/mol. The van der Waals surface area contributed by atoms with E-state index in [1.165, 1.54) is 0 Å². The van der Waals surface area contributed by atoms with Gasteiger partial charge in [0.15, 0.2) is 0 Å². The minimum Gasteiger partial charge on any atom is -0.487 e. The molecule has 0 radical (unpaired) electrons. The van der Waals surface area contributed by atoms with Crippen molar-refractivity contribution in [1.82, 2.24) is 0 Å². The van der Waals surface area contributed by atoms with E-state index in [9.17, 15) is 9.59 Å². The van der Waals surface area contributed by atoms with Gasteiger partial charge >= 0.3 is 11.9 Å². The summed E-state index contributed by atoms with van der Waals surface area (Å²) in [5.74, 6) is -2.03. The van der Waals surface area contributed by atoms with Crippen LogP contribution >= 0.6 is 0 Å². The minimum absolute atomic E-state index is 0.431. The van der Waals surface area contributed by atoms with E-state index in [0.29, 0.717) is 5.75 Å². The van der Waals surface area contributed by atoms with Crippen LogP contribution in [-0.4, -0.2) is 34.3 Å². The number of para-hydroxylation sites is 1. The van der Waals surface area contributed by atoms with Gasteiger partial charge in [-0.05, 0) is 18.6 Å². The Morgan fingerprint density at radius 3 is 2.44 bits per heavy atom. The van der Waals surface area contributed by atoms with Crippen molar-refractivity contribution in [3.63, 3.8) is 0 Å². The van der Waals surface area contributed by atoms with Gasteiger partial charge in [-0.1, -0.05) is 18.2 Å². The van der Waals surface area contributed by atoms with Crippen LogP contribution in [0, 0.1) is 6.92 Å². The van der Waals surface area contributed by atoms with E-state index in [-0.39, 0.29) is 0 Å². The van der Waals surface area contributed by atoms with Crippen LogP contribution in [0.2, 0.25) is 0 Å². The second-order valence-corrected chi connectivity index (χ2v) is 3.88. The Bertz CT molecular complexity index is 446. The second kappa shape index (κ2) is 6.02. The number of nitrogens with two attached hydrogens (primary N) is 1. The molecule has 0 fully saturated rings. The van der Waals surface area contributed by atoms with Crippen LogP contribution in [0.15, 0.2) is 24.3 Å². The molecule has 0 aliphatic heterocycles. The van der Waals surface area contributed by atoms with E-state index in [1.54, 1.807) is 31.2 Å². The molecule has 18 heavy (non-hydrogen) atoms. The van der Waals surface area contributed by atoms with Crippen LogP contribution in [0.1, 0.15) is 12.0 Å². The van der Waals surface area contributed by atoms with E-state index in [0.717, 1.165) is 5.56 Å². The molecular formula is C12H15NO5. The Morgan fingerprint density at radius 2 is 1.94 bits per heavy atom. The van der Waals surface area contributed by atoms with Crippen molar-refractivity contribution in [1.29, 1.82) is 0 Å². The molecule has 6 nitrogen and oxygen atoms in total. The second-order valence-electron chi connectivity index (χ2n) is 3.88. The number of aliphatic carboxylic acids is 2. The molecule has 0 amide bonds. The lowest BCUT2D eigenvalue weighted by molar-refractivity contribution is -0.143. The first-order valence-corrected chi connectivity index (χ1v) is 5.34. The molecule has 0 spiro atoms. The summed E-state index contributed by atoms with van der Waals surface area (Å²) in [7, 11) is 0. The average molecular weight is 253 g/mol. The molecule has 0 aliphatic rings. The van der Waals surface area contributed by atoms with Crippen molar-refractivity contribution < 1.29 is 24.5 Å². The summed E-state index contributed by atoms with van der Waals surface area (Å²) in [6.45, 7) is 1.78. The SMILES string of the molecule is Cc1ccccc1OC(CC(=O)O)C(N)C(=O)O. The summed E-state index contributed by atoms with van der Waals surface area (Å²) in [4.78, 5) is 21.5. The molecule has 2 atom stereocenters. The number of carbonyl (C=O) groups is 2. The van der Waals surface area contributed by atoms with Gasteiger partial charge < -0.3 is 20.7 Å². The van der Waals surface area contributed by atoms with Crippen LogP contribution in [0.5, 0.6) is 5.75 Å². The fourth-order valence-electron chi connectivity index (χ4n) is 1.42. The molecule has 0 aliphatic carbocycles. The highest BCUT2D eigenvalue weighted by Gasteiger charge is 2.28. The van der Waals surface area contributed by atoms with Crippen LogP contribution in [0.25, 0.3) is 0 Å². The molecule has 0 heterocycles. The molecule has 0 aromatic heterocycles. The molecule has 1 rings (SSSR count). The zero-order chi connectivity index (χ0) is 13.7. The highest BCUT2D eigenvalue weighted by molar-refractivity contribution is 5.76. The number of benzene rings is 1. The maximum atomic E-state index is 10.8. The van der Waals surface area contributed by atoms with Crippen LogP contribution in [0.4, 0.5) is 0 Å². The molecule has 1 aromatic carbocycles. The summed E-state index contributed by atoms with van der Waals surface area (Å²) in [6.07, 6.45) is -1.58. The van der Waals surface area contributed by atoms with E-state index in [1.807, 2.05) is 0 Å². The number of aryl methyl sites for hydroxylation is 1. The van der Waals surface area contributed by atoms with Crippen LogP contribution < -0.4 is 10.5 Å². The third kappa shape index (κ3) is 3.74. The normalized spacial score (nSPS) is 13.7. The zero-order valence-electron chi connectivity index (χ0n) is 9.87. The zero-order valence-corrected chi connectivity index (χ0v) is 9.87. The van der Waals surface area contributed by atoms with Gasteiger partial charge in [0.25, 0.3) is 0 Å². The van der Waals surface area contributed by atoms with E-state index in [4.69, 9.17) is 20.7 Å². The van der Waals surface area contributed by atoms with Crippen LogP contribution in [-0.2, 0) is 9.59 Å². The van der Waals surface area contributed by atoms with Crippen molar-refractivity contribution in [3.05, 3.63) is 29.8 Å². The number of hydrogen-bond donors (Lipinski definition) is 3. The molecule has 1 aromatic rings. The molecule has 4 N–H and O–H groups in total. The summed E-state index contributed by atoms with van der Waals surface area (Å²) in [6, 6.07) is 5.54. The van der Waals surface area contributed by atoms with Gasteiger partial charge in [0.2, 0.25) is 0 Å². The standard InChI is InChI=1S/C12H15NO5/c1-7-4-2-3-5-8(7)18-9(6-10(14)15)11(13)12(16)17/h2-5,9,11H,6,13H2,1H3,(H,14,15)(H,16,17). The molecule has 98 valence electrons. The van der Waals surface area contributed by atoms with Crippen molar-refractivity contribution in [2.45, 2.75) is 25.5 Å². The smallest absolute Gasteiger partial charge is 0.324 e. The number of hydrogen-bond acceptors (Lipinski definition) is 4. The highest BCUT2D eigenvalue weighted by atomic mass is 16.5. The number of carboxylic acids is 2. The number of rotatable bonds is 6. The Balaban J connectivity index is 2.88. The van der Waals surface area contributed by atoms with Gasteiger partial charge in [0.1, 0.15) is 17.9 Å². The fourth-order valence-corrected chi connectivity index (χ4v) is 1.42. The van der Waals surface area contributed by atoms with Gasteiger partial charge in [-0.2, -0.15) is 0 Å². The largest absolute Gasteiger partial charge is 0.487 e. The Morgan fingerprint density at radius 1 is 1.33 bits per heavy atom. The van der Waals surface area contributed by atoms with Crippen molar-refractivity contribution in [2.75, 3.05) is 0 Å². The predicted molar refractivity (Wildman–Crippen MR) is 63.5 cm³/mol. The van der Waals surface area contributed by atoms with E-state index >= 15 is 0 Å². The molecule has 0 saturated heterocycles. The summed E-state index contributed by atoms with van der Waals surface area (Å²) in [5, 5.41) is 17.5. The first-order chi connectivity index (χ1) is 8.41. The van der Waals surface area contributed by atoms with Gasteiger partial charge in [-0.15, -0.1) is 0 Å². The molecule has 2 unspecified atom stereocenters. The lowest BCUT2D eigenvalue weighted by atomic mass is 10.1. The van der Waals surface area contributed by atoms with Crippen LogP contribution in [0.3, 0.4) is 0 Å². The molecular weight excluding hydrogens is 238 g/mol. The topological polar surface area (TPSA) is 110 Å². The molecule has 0 bridgehead atoms. The van der Waals surface area contributed by atoms with Gasteiger partial charge in [-0.3, -0.25) is 9.59 Å². The predicted octanol–water partition coefficient (Wildman–Crippen LogP) is 0.629. The number of carboxylic acid groups (broad SMARTS) is 2.